The molecule has 6 heteroatoms. The van der Waals surface area contributed by atoms with Crippen molar-refractivity contribution in [3.63, 3.8) is 0 Å². The number of carbonyl (C=O) groups is 2. The second-order valence-corrected chi connectivity index (χ2v) is 5.25. The molecule has 1 aromatic rings. The molecule has 0 saturated carbocycles. The molecule has 1 rings (SSSR count). The molecule has 0 bridgehead atoms. The topological polar surface area (TPSA) is 46.2 Å². The number of benzene rings is 1. The van der Waals surface area contributed by atoms with Gasteiger partial charge in [0.15, 0.2) is 5.12 Å². The van der Waals surface area contributed by atoms with Crippen molar-refractivity contribution in [2.45, 2.75) is 17.7 Å². The summed E-state index contributed by atoms with van der Waals surface area (Å²) in [4.78, 5) is 23.7. The van der Waals surface area contributed by atoms with Crippen LogP contribution >= 0.6 is 35.0 Å². The van der Waals surface area contributed by atoms with Crippen molar-refractivity contribution in [3.05, 3.63) is 24.3 Å². The van der Waals surface area contributed by atoms with Crippen LogP contribution in [0.2, 0.25) is 0 Å². The van der Waals surface area contributed by atoms with Gasteiger partial charge in [-0.2, -0.15) is 0 Å². The highest BCUT2D eigenvalue weighted by atomic mass is 35.5. The number of hydrogen-bond acceptors (Lipinski definition) is 3. The van der Waals surface area contributed by atoms with Gasteiger partial charge in [0.1, 0.15) is 0 Å². The van der Waals surface area contributed by atoms with Gasteiger partial charge in [0.05, 0.1) is 5.69 Å². The van der Waals surface area contributed by atoms with Gasteiger partial charge in [-0.3, -0.25) is 9.59 Å². The molecule has 18 heavy (non-hydrogen) atoms. The molecular weight excluding hydrogens is 293 g/mol. The summed E-state index contributed by atoms with van der Waals surface area (Å²) in [5.74, 6) is 0.404. The van der Waals surface area contributed by atoms with Gasteiger partial charge in [-0.1, -0.05) is 12.1 Å². The Bertz CT molecular complexity index is 387. The number of rotatable bonds is 6. The number of anilines is 1. The lowest BCUT2D eigenvalue weighted by Crippen LogP contribution is -2.12. The first-order chi connectivity index (χ1) is 8.67. The summed E-state index contributed by atoms with van der Waals surface area (Å²) in [6, 6.07) is 7.15. The van der Waals surface area contributed by atoms with Gasteiger partial charge in [-0.25, -0.2) is 0 Å². The standard InChI is InChI=1S/C12H13Cl2NO2S/c13-7-5-11(16)15-9-3-1-2-4-10(9)18-12(17)6-8-14/h1-4H,5-8H2,(H,15,16). The zero-order chi connectivity index (χ0) is 13.4. The Hall–Kier alpha value is -0.710. The molecule has 0 radical (unpaired) electrons. The number of halogens is 2. The third kappa shape index (κ3) is 5.29. The third-order valence-electron chi connectivity index (χ3n) is 2.01. The number of thioether (sulfide) groups is 1. The fourth-order valence-electron chi connectivity index (χ4n) is 1.21. The fraction of sp³-hybridized carbons (Fsp3) is 0.333. The van der Waals surface area contributed by atoms with E-state index in [0.717, 1.165) is 16.7 Å². The van der Waals surface area contributed by atoms with Crippen LogP contribution in [0.5, 0.6) is 0 Å². The van der Waals surface area contributed by atoms with E-state index >= 15 is 0 Å². The second kappa shape index (κ2) is 8.40. The Morgan fingerprint density at radius 3 is 2.44 bits per heavy atom. The highest BCUT2D eigenvalue weighted by Gasteiger charge is 2.10. The number of alkyl halides is 2. The highest BCUT2D eigenvalue weighted by molar-refractivity contribution is 8.13. The van der Waals surface area contributed by atoms with E-state index < -0.39 is 0 Å². The lowest BCUT2D eigenvalue weighted by Gasteiger charge is -2.09. The minimum Gasteiger partial charge on any atom is -0.325 e. The third-order valence-corrected chi connectivity index (χ3v) is 3.39. The van der Waals surface area contributed by atoms with Gasteiger partial charge >= 0.3 is 0 Å². The van der Waals surface area contributed by atoms with Gasteiger partial charge in [0.25, 0.3) is 0 Å². The lowest BCUT2D eigenvalue weighted by molar-refractivity contribution is -0.116. The van der Waals surface area contributed by atoms with E-state index in [4.69, 9.17) is 23.2 Å². The normalized spacial score (nSPS) is 10.1. The molecule has 1 N–H and O–H groups in total. The molecule has 1 aromatic carbocycles. The largest absolute Gasteiger partial charge is 0.325 e. The molecule has 98 valence electrons. The van der Waals surface area contributed by atoms with Crippen LogP contribution in [0.25, 0.3) is 0 Å². The van der Waals surface area contributed by atoms with Crippen LogP contribution in [0.1, 0.15) is 12.8 Å². The van der Waals surface area contributed by atoms with E-state index in [1.807, 2.05) is 6.07 Å². The van der Waals surface area contributed by atoms with E-state index in [0.29, 0.717) is 18.0 Å². The molecule has 0 atom stereocenters. The first kappa shape index (κ1) is 15.3. The number of hydrogen-bond donors (Lipinski definition) is 1. The van der Waals surface area contributed by atoms with Crippen molar-refractivity contribution in [3.8, 4) is 0 Å². The van der Waals surface area contributed by atoms with Crippen molar-refractivity contribution in [2.24, 2.45) is 0 Å². The Labute approximate surface area is 120 Å². The summed E-state index contributed by atoms with van der Waals surface area (Å²) >= 11 is 12.1. The Kier molecular flexibility index (Phi) is 7.16. The maximum Gasteiger partial charge on any atom is 0.225 e. The lowest BCUT2D eigenvalue weighted by atomic mass is 10.3. The Morgan fingerprint density at radius 1 is 1.11 bits per heavy atom. The molecule has 0 aromatic heterocycles. The zero-order valence-electron chi connectivity index (χ0n) is 9.62. The van der Waals surface area contributed by atoms with Crippen molar-refractivity contribution < 1.29 is 9.59 Å². The molecule has 1 amide bonds. The van der Waals surface area contributed by atoms with Crippen LogP contribution in [0.15, 0.2) is 29.2 Å². The van der Waals surface area contributed by atoms with Crippen molar-refractivity contribution in [2.75, 3.05) is 17.1 Å². The summed E-state index contributed by atoms with van der Waals surface area (Å²) in [5.41, 5.74) is 0.625. The van der Waals surface area contributed by atoms with Gasteiger partial charge in [-0.15, -0.1) is 23.2 Å². The molecule has 0 spiro atoms. The number of para-hydroxylation sites is 1. The first-order valence-corrected chi connectivity index (χ1v) is 7.27. The molecule has 0 aliphatic heterocycles. The van der Waals surface area contributed by atoms with Crippen LogP contribution < -0.4 is 5.32 Å². The molecule has 0 fully saturated rings. The molecule has 0 aliphatic rings. The minimum absolute atomic E-state index is 0.0240. The molecule has 3 nitrogen and oxygen atoms in total. The van der Waals surface area contributed by atoms with Crippen LogP contribution in [0.3, 0.4) is 0 Å². The van der Waals surface area contributed by atoms with E-state index in [1.165, 1.54) is 0 Å². The van der Waals surface area contributed by atoms with Gasteiger partial charge in [0.2, 0.25) is 5.91 Å². The Balaban J connectivity index is 2.73. The van der Waals surface area contributed by atoms with E-state index in [-0.39, 0.29) is 23.3 Å². The monoisotopic (exact) mass is 305 g/mol. The summed E-state index contributed by atoms with van der Waals surface area (Å²) < 4.78 is 0. The molecule has 0 heterocycles. The average Bonchev–Trinajstić information content (AvgIpc) is 2.32. The summed E-state index contributed by atoms with van der Waals surface area (Å²) in [6.07, 6.45) is 0.548. The van der Waals surface area contributed by atoms with Crippen molar-refractivity contribution in [1.82, 2.24) is 0 Å². The molecule has 0 saturated heterocycles. The maximum absolute atomic E-state index is 11.5. The first-order valence-electron chi connectivity index (χ1n) is 5.39. The van der Waals surface area contributed by atoms with E-state index in [1.54, 1.807) is 18.2 Å². The number of amides is 1. The van der Waals surface area contributed by atoms with Crippen LogP contribution in [-0.4, -0.2) is 22.8 Å². The van der Waals surface area contributed by atoms with E-state index in [9.17, 15) is 9.59 Å². The zero-order valence-corrected chi connectivity index (χ0v) is 11.9. The number of carbonyl (C=O) groups excluding carboxylic acids is 2. The minimum atomic E-state index is -0.164. The predicted octanol–water partition coefficient (Wildman–Crippen LogP) is 3.50. The summed E-state index contributed by atoms with van der Waals surface area (Å²) in [7, 11) is 0. The smallest absolute Gasteiger partial charge is 0.225 e. The quantitative estimate of drug-likeness (QED) is 0.646. The van der Waals surface area contributed by atoms with Crippen molar-refractivity contribution in [1.29, 1.82) is 0 Å². The van der Waals surface area contributed by atoms with Gasteiger partial charge in [-0.05, 0) is 23.9 Å². The predicted molar refractivity (Wildman–Crippen MR) is 76.6 cm³/mol. The second-order valence-electron chi connectivity index (χ2n) is 3.40. The highest BCUT2D eigenvalue weighted by Crippen LogP contribution is 2.28. The summed E-state index contributed by atoms with van der Waals surface area (Å²) in [6.45, 7) is 0. The maximum atomic E-state index is 11.5. The van der Waals surface area contributed by atoms with Crippen LogP contribution in [0, 0.1) is 0 Å². The van der Waals surface area contributed by atoms with Crippen molar-refractivity contribution >= 4 is 51.7 Å². The van der Waals surface area contributed by atoms with Gasteiger partial charge in [0, 0.05) is 29.5 Å². The van der Waals surface area contributed by atoms with Crippen LogP contribution in [-0.2, 0) is 9.59 Å². The average molecular weight is 306 g/mol. The van der Waals surface area contributed by atoms with E-state index in [2.05, 4.69) is 5.32 Å². The SMILES string of the molecule is O=C(CCCl)Nc1ccccc1SC(=O)CCCl. The Morgan fingerprint density at radius 2 is 1.78 bits per heavy atom. The fourth-order valence-corrected chi connectivity index (χ4v) is 2.49. The molecule has 0 unspecified atom stereocenters. The summed E-state index contributed by atoms with van der Waals surface area (Å²) in [5, 5.41) is 2.71. The number of nitrogens with one attached hydrogen (secondary N) is 1. The molecular formula is C12H13Cl2NO2S. The molecule has 0 aliphatic carbocycles. The van der Waals surface area contributed by atoms with Gasteiger partial charge < -0.3 is 5.32 Å². The van der Waals surface area contributed by atoms with Crippen LogP contribution in [0.4, 0.5) is 5.69 Å².